The lowest BCUT2D eigenvalue weighted by molar-refractivity contribution is -0.142. The summed E-state index contributed by atoms with van der Waals surface area (Å²) in [6, 6.07) is 4.17. The zero-order chi connectivity index (χ0) is 16.2. The maximum atomic E-state index is 13.1. The lowest BCUT2D eigenvalue weighted by Gasteiger charge is -2.20. The van der Waals surface area contributed by atoms with E-state index in [2.05, 4.69) is 21.2 Å². The molecule has 1 aromatic rings. The Kier molecular flexibility index (Phi) is 6.33. The van der Waals surface area contributed by atoms with Gasteiger partial charge in [0.1, 0.15) is 5.82 Å². The molecule has 3 unspecified atom stereocenters. The van der Waals surface area contributed by atoms with Gasteiger partial charge in [-0.05, 0) is 53.9 Å². The standard InChI is InChI=1S/C15H19BrFNO3/c1-8(6-11-4-5-13(17)12(16)7-11)14(19)18-10(3)9(2)15(20)21/h4-5,7-10H,6H2,1-3H3,(H,18,19)(H,20,21). The van der Waals surface area contributed by atoms with Crippen LogP contribution in [0, 0.1) is 17.7 Å². The molecule has 6 heteroatoms. The molecule has 0 spiro atoms. The van der Waals surface area contributed by atoms with Crippen molar-refractivity contribution in [2.24, 2.45) is 11.8 Å². The highest BCUT2D eigenvalue weighted by Crippen LogP contribution is 2.19. The van der Waals surface area contributed by atoms with Crippen LogP contribution < -0.4 is 5.32 Å². The monoisotopic (exact) mass is 359 g/mol. The molecule has 0 aliphatic heterocycles. The molecule has 1 rings (SSSR count). The zero-order valence-corrected chi connectivity index (χ0v) is 13.8. The number of carboxylic acids is 1. The Labute approximate surface area is 131 Å². The van der Waals surface area contributed by atoms with Crippen LogP contribution in [0.2, 0.25) is 0 Å². The quantitative estimate of drug-likeness (QED) is 0.820. The van der Waals surface area contributed by atoms with E-state index in [0.29, 0.717) is 10.9 Å². The van der Waals surface area contributed by atoms with E-state index in [1.807, 2.05) is 0 Å². The Balaban J connectivity index is 2.62. The molecule has 116 valence electrons. The highest BCUT2D eigenvalue weighted by molar-refractivity contribution is 9.10. The SMILES string of the molecule is CC(Cc1ccc(F)c(Br)c1)C(=O)NC(C)C(C)C(=O)O. The number of aliphatic carboxylic acids is 1. The van der Waals surface area contributed by atoms with Crippen LogP contribution in [0.5, 0.6) is 0 Å². The van der Waals surface area contributed by atoms with Crippen LogP contribution in [0.4, 0.5) is 4.39 Å². The van der Waals surface area contributed by atoms with Crippen LogP contribution in [-0.2, 0) is 16.0 Å². The predicted molar refractivity (Wildman–Crippen MR) is 81.4 cm³/mol. The average Bonchev–Trinajstić information content (AvgIpc) is 2.41. The number of nitrogens with one attached hydrogen (secondary N) is 1. The Morgan fingerprint density at radius 3 is 2.48 bits per heavy atom. The van der Waals surface area contributed by atoms with E-state index in [9.17, 15) is 14.0 Å². The second-order valence-corrected chi connectivity index (χ2v) is 6.13. The third kappa shape index (κ3) is 5.12. The normalized spacial score (nSPS) is 15.1. The second kappa shape index (κ2) is 7.54. The molecule has 0 saturated heterocycles. The molecule has 21 heavy (non-hydrogen) atoms. The van der Waals surface area contributed by atoms with Gasteiger partial charge in [-0.25, -0.2) is 4.39 Å². The molecule has 4 nitrogen and oxygen atoms in total. The van der Waals surface area contributed by atoms with Gasteiger partial charge in [0.15, 0.2) is 0 Å². The molecule has 1 aromatic carbocycles. The minimum Gasteiger partial charge on any atom is -0.481 e. The van der Waals surface area contributed by atoms with Crippen LogP contribution in [0.15, 0.2) is 22.7 Å². The third-order valence-electron chi connectivity index (χ3n) is 3.48. The summed E-state index contributed by atoms with van der Waals surface area (Å²) in [5.74, 6) is -2.49. The van der Waals surface area contributed by atoms with Gasteiger partial charge in [-0.15, -0.1) is 0 Å². The van der Waals surface area contributed by atoms with E-state index in [0.717, 1.165) is 5.56 Å². The number of carbonyl (C=O) groups is 2. The molecule has 0 aliphatic rings. The van der Waals surface area contributed by atoms with Crippen molar-refractivity contribution < 1.29 is 19.1 Å². The topological polar surface area (TPSA) is 66.4 Å². The summed E-state index contributed by atoms with van der Waals surface area (Å²) in [5, 5.41) is 11.6. The second-order valence-electron chi connectivity index (χ2n) is 5.28. The van der Waals surface area contributed by atoms with Gasteiger partial charge >= 0.3 is 5.97 Å². The minimum atomic E-state index is -0.946. The van der Waals surface area contributed by atoms with Crippen molar-refractivity contribution in [3.8, 4) is 0 Å². The molecular formula is C15H19BrFNO3. The molecule has 0 radical (unpaired) electrons. The lowest BCUT2D eigenvalue weighted by atomic mass is 9.98. The number of halogens is 2. The zero-order valence-electron chi connectivity index (χ0n) is 12.2. The molecule has 0 aliphatic carbocycles. The molecule has 3 atom stereocenters. The molecule has 2 N–H and O–H groups in total. The van der Waals surface area contributed by atoms with Crippen molar-refractivity contribution in [1.82, 2.24) is 5.32 Å². The van der Waals surface area contributed by atoms with E-state index < -0.39 is 17.9 Å². The van der Waals surface area contributed by atoms with E-state index >= 15 is 0 Å². The van der Waals surface area contributed by atoms with Crippen molar-refractivity contribution in [3.05, 3.63) is 34.1 Å². The molecule has 0 saturated carbocycles. The third-order valence-corrected chi connectivity index (χ3v) is 4.09. The summed E-state index contributed by atoms with van der Waals surface area (Å²) in [4.78, 5) is 22.9. The first-order valence-electron chi connectivity index (χ1n) is 6.69. The highest BCUT2D eigenvalue weighted by atomic mass is 79.9. The van der Waals surface area contributed by atoms with Crippen LogP contribution in [0.3, 0.4) is 0 Å². The fourth-order valence-electron chi connectivity index (χ4n) is 1.82. The Morgan fingerprint density at radius 1 is 1.33 bits per heavy atom. The van der Waals surface area contributed by atoms with Crippen LogP contribution in [-0.4, -0.2) is 23.0 Å². The Bertz CT molecular complexity index is 536. The van der Waals surface area contributed by atoms with Crippen LogP contribution in [0.25, 0.3) is 0 Å². The lowest BCUT2D eigenvalue weighted by Crippen LogP contribution is -2.42. The molecule has 1 amide bonds. The van der Waals surface area contributed by atoms with E-state index in [1.165, 1.54) is 6.07 Å². The van der Waals surface area contributed by atoms with Gasteiger partial charge in [0.2, 0.25) is 5.91 Å². The number of carboxylic acid groups (broad SMARTS) is 1. The van der Waals surface area contributed by atoms with Crippen molar-refractivity contribution in [1.29, 1.82) is 0 Å². The fraction of sp³-hybridized carbons (Fsp3) is 0.467. The van der Waals surface area contributed by atoms with E-state index in [1.54, 1.807) is 32.9 Å². The van der Waals surface area contributed by atoms with Crippen molar-refractivity contribution in [2.45, 2.75) is 33.2 Å². The van der Waals surface area contributed by atoms with Crippen LogP contribution in [0.1, 0.15) is 26.3 Å². The summed E-state index contributed by atoms with van der Waals surface area (Å²) in [5.41, 5.74) is 0.838. The van der Waals surface area contributed by atoms with Gasteiger partial charge in [-0.1, -0.05) is 13.0 Å². The molecule has 0 fully saturated rings. The summed E-state index contributed by atoms with van der Waals surface area (Å²) in [7, 11) is 0. The predicted octanol–water partition coefficient (Wildman–Crippen LogP) is 2.99. The number of carbonyl (C=O) groups excluding carboxylic acids is 1. The number of benzene rings is 1. The molecule has 0 aromatic heterocycles. The number of hydrogen-bond acceptors (Lipinski definition) is 2. The van der Waals surface area contributed by atoms with Crippen molar-refractivity contribution in [2.75, 3.05) is 0 Å². The maximum Gasteiger partial charge on any atom is 0.308 e. The van der Waals surface area contributed by atoms with Gasteiger partial charge in [0, 0.05) is 12.0 Å². The van der Waals surface area contributed by atoms with Gasteiger partial charge in [-0.3, -0.25) is 9.59 Å². The Morgan fingerprint density at radius 2 is 1.95 bits per heavy atom. The first-order valence-corrected chi connectivity index (χ1v) is 7.48. The van der Waals surface area contributed by atoms with E-state index in [4.69, 9.17) is 5.11 Å². The van der Waals surface area contributed by atoms with Gasteiger partial charge < -0.3 is 10.4 Å². The first-order chi connectivity index (χ1) is 9.72. The minimum absolute atomic E-state index is 0.212. The Hall–Kier alpha value is -1.43. The van der Waals surface area contributed by atoms with E-state index in [-0.39, 0.29) is 17.6 Å². The first kappa shape index (κ1) is 17.6. The van der Waals surface area contributed by atoms with Crippen molar-refractivity contribution in [3.63, 3.8) is 0 Å². The summed E-state index contributed by atoms with van der Waals surface area (Å²) < 4.78 is 13.5. The fourth-order valence-corrected chi connectivity index (χ4v) is 2.24. The molecular weight excluding hydrogens is 341 g/mol. The largest absolute Gasteiger partial charge is 0.481 e. The maximum absolute atomic E-state index is 13.1. The highest BCUT2D eigenvalue weighted by Gasteiger charge is 2.23. The summed E-state index contributed by atoms with van der Waals surface area (Å²) in [6.07, 6.45) is 0.457. The number of rotatable bonds is 6. The number of hydrogen-bond donors (Lipinski definition) is 2. The smallest absolute Gasteiger partial charge is 0.308 e. The van der Waals surface area contributed by atoms with Gasteiger partial charge in [0.25, 0.3) is 0 Å². The summed E-state index contributed by atoms with van der Waals surface area (Å²) in [6.45, 7) is 4.97. The van der Waals surface area contributed by atoms with Gasteiger partial charge in [0.05, 0.1) is 10.4 Å². The van der Waals surface area contributed by atoms with Crippen LogP contribution >= 0.6 is 15.9 Å². The summed E-state index contributed by atoms with van der Waals surface area (Å²) >= 11 is 3.11. The van der Waals surface area contributed by atoms with Crippen molar-refractivity contribution >= 4 is 27.8 Å². The average molecular weight is 360 g/mol. The molecule has 0 bridgehead atoms. The van der Waals surface area contributed by atoms with Gasteiger partial charge in [-0.2, -0.15) is 0 Å². The molecule has 0 heterocycles. The number of amides is 1.